The van der Waals surface area contributed by atoms with Crippen molar-refractivity contribution in [1.29, 1.82) is 0 Å². The first-order valence-electron chi connectivity index (χ1n) is 6.89. The molecule has 1 rings (SSSR count). The third kappa shape index (κ3) is 4.48. The molecule has 0 aliphatic carbocycles. The Morgan fingerprint density at radius 2 is 1.81 bits per heavy atom. The molecule has 0 aromatic carbocycles. The maximum Gasteiger partial charge on any atom is 0.178 e. The lowest BCUT2D eigenvalue weighted by atomic mass is 9.85. The molecule has 0 atom stereocenters. The first kappa shape index (κ1) is 17.0. The number of hydrogen-bond donors (Lipinski definition) is 0. The van der Waals surface area contributed by atoms with Gasteiger partial charge in [-0.25, -0.2) is 4.98 Å². The van der Waals surface area contributed by atoms with E-state index in [2.05, 4.69) is 44.3 Å². The highest BCUT2D eigenvalue weighted by atomic mass is 16.1. The summed E-state index contributed by atoms with van der Waals surface area (Å²) in [4.78, 5) is 20.3. The van der Waals surface area contributed by atoms with E-state index in [0.29, 0.717) is 11.4 Å². The lowest BCUT2D eigenvalue weighted by Crippen LogP contribution is -2.11. The number of carbonyl (C=O) groups is 1. The van der Waals surface area contributed by atoms with Crippen molar-refractivity contribution in [3.05, 3.63) is 60.4 Å². The Morgan fingerprint density at radius 3 is 2.29 bits per heavy atom. The van der Waals surface area contributed by atoms with Crippen molar-refractivity contribution < 1.29 is 4.79 Å². The Kier molecular flexibility index (Phi) is 5.36. The summed E-state index contributed by atoms with van der Waals surface area (Å²) >= 11 is 0. The molecule has 0 bridgehead atoms. The largest absolute Gasteiger partial charge is 0.293 e. The average Bonchev–Trinajstić information content (AvgIpc) is 2.42. The van der Waals surface area contributed by atoms with E-state index in [4.69, 9.17) is 0 Å². The summed E-state index contributed by atoms with van der Waals surface area (Å²) in [6.07, 6.45) is 1.70. The number of rotatable bonds is 4. The maximum atomic E-state index is 11.4. The van der Waals surface area contributed by atoms with Crippen LogP contribution in [0.3, 0.4) is 0 Å². The third-order valence-corrected chi connectivity index (χ3v) is 3.18. The highest BCUT2D eigenvalue weighted by molar-refractivity contribution is 5.99. The molecule has 0 aliphatic rings. The third-order valence-electron chi connectivity index (χ3n) is 3.18. The first-order chi connectivity index (χ1) is 9.66. The normalized spacial score (nSPS) is 13.2. The van der Waals surface area contributed by atoms with Crippen molar-refractivity contribution in [1.82, 2.24) is 4.98 Å². The molecule has 0 unspecified atom stereocenters. The molecule has 0 saturated carbocycles. The molecular weight excluding hydrogens is 260 g/mol. The van der Waals surface area contributed by atoms with Crippen LogP contribution in [0.1, 0.15) is 50.8 Å². The SMILES string of the molecule is [CH2]/C=C(/N=C(C)c1cccc(C(C)=O)n1)C(=C)C(C)(C)C. The van der Waals surface area contributed by atoms with Gasteiger partial charge in [-0.05, 0) is 37.0 Å². The van der Waals surface area contributed by atoms with Crippen LogP contribution in [0, 0.1) is 12.3 Å². The second-order valence-electron chi connectivity index (χ2n) is 5.98. The Labute approximate surface area is 127 Å². The van der Waals surface area contributed by atoms with E-state index in [1.807, 2.05) is 19.1 Å². The predicted octanol–water partition coefficient (Wildman–Crippen LogP) is 4.41. The van der Waals surface area contributed by atoms with Gasteiger partial charge >= 0.3 is 0 Å². The molecule has 1 radical (unpaired) electrons. The van der Waals surface area contributed by atoms with Gasteiger partial charge in [0.05, 0.1) is 17.1 Å². The molecule has 0 aliphatic heterocycles. The van der Waals surface area contributed by atoms with Crippen molar-refractivity contribution in [3.8, 4) is 0 Å². The highest BCUT2D eigenvalue weighted by Gasteiger charge is 2.18. The van der Waals surface area contributed by atoms with Gasteiger partial charge in [0.15, 0.2) is 5.78 Å². The Morgan fingerprint density at radius 1 is 1.24 bits per heavy atom. The number of Topliss-reactive ketones (excluding diaryl/α,β-unsaturated/α-hetero) is 1. The van der Waals surface area contributed by atoms with Gasteiger partial charge in [0.2, 0.25) is 0 Å². The van der Waals surface area contributed by atoms with Gasteiger partial charge in [0.1, 0.15) is 5.69 Å². The summed E-state index contributed by atoms with van der Waals surface area (Å²) in [5.74, 6) is -0.0586. The molecule has 0 spiro atoms. The number of aliphatic imine (C=N–C) groups is 1. The quantitative estimate of drug-likeness (QED) is 0.466. The first-order valence-corrected chi connectivity index (χ1v) is 6.89. The van der Waals surface area contributed by atoms with Crippen molar-refractivity contribution in [2.75, 3.05) is 0 Å². The monoisotopic (exact) mass is 283 g/mol. The molecule has 0 amide bonds. The van der Waals surface area contributed by atoms with Crippen LogP contribution in [0.15, 0.2) is 47.1 Å². The second-order valence-corrected chi connectivity index (χ2v) is 5.98. The average molecular weight is 283 g/mol. The van der Waals surface area contributed by atoms with Gasteiger partial charge in [0.25, 0.3) is 0 Å². The molecule has 1 aromatic heterocycles. The van der Waals surface area contributed by atoms with E-state index in [0.717, 1.165) is 17.0 Å². The number of hydrogen-bond acceptors (Lipinski definition) is 3. The summed E-state index contributed by atoms with van der Waals surface area (Å²) < 4.78 is 0. The summed E-state index contributed by atoms with van der Waals surface area (Å²) in [6, 6.07) is 5.35. The van der Waals surface area contributed by atoms with E-state index >= 15 is 0 Å². The molecule has 3 heteroatoms. The fourth-order valence-electron chi connectivity index (χ4n) is 1.69. The fourth-order valence-corrected chi connectivity index (χ4v) is 1.69. The van der Waals surface area contributed by atoms with Crippen LogP contribution in [0.25, 0.3) is 0 Å². The van der Waals surface area contributed by atoms with Crippen LogP contribution >= 0.6 is 0 Å². The van der Waals surface area contributed by atoms with Crippen molar-refractivity contribution in [2.24, 2.45) is 10.4 Å². The van der Waals surface area contributed by atoms with Gasteiger partial charge in [0, 0.05) is 6.92 Å². The van der Waals surface area contributed by atoms with Crippen LogP contribution < -0.4 is 0 Å². The molecular formula is C18H23N2O. The molecule has 3 nitrogen and oxygen atoms in total. The van der Waals surface area contributed by atoms with Crippen molar-refractivity contribution >= 4 is 11.5 Å². The Hall–Kier alpha value is -2.03. The predicted molar refractivity (Wildman–Crippen MR) is 88.5 cm³/mol. The van der Waals surface area contributed by atoms with E-state index in [9.17, 15) is 4.79 Å². The molecule has 21 heavy (non-hydrogen) atoms. The number of ketones is 1. The van der Waals surface area contributed by atoms with E-state index in [1.54, 1.807) is 12.1 Å². The maximum absolute atomic E-state index is 11.4. The zero-order chi connectivity index (χ0) is 16.2. The van der Waals surface area contributed by atoms with Crippen LogP contribution in [0.4, 0.5) is 0 Å². The molecule has 1 aromatic rings. The molecule has 0 fully saturated rings. The molecule has 0 saturated heterocycles. The number of pyridine rings is 1. The standard InChI is InChI=1S/C18H23N2O/c1-8-15(12(2)18(5,6)7)19-13(3)16-10-9-11-17(20-16)14(4)21/h8-11H,1-2H2,3-7H3/b15-8+,19-13?. The zero-order valence-electron chi connectivity index (χ0n) is 13.5. The van der Waals surface area contributed by atoms with Crippen LogP contribution in [-0.2, 0) is 0 Å². The molecule has 0 N–H and O–H groups in total. The molecule has 1 heterocycles. The van der Waals surface area contributed by atoms with Crippen LogP contribution in [-0.4, -0.2) is 16.5 Å². The number of carbonyl (C=O) groups excluding carboxylic acids is 1. The Bertz CT molecular complexity index is 616. The van der Waals surface area contributed by atoms with Crippen LogP contribution in [0.5, 0.6) is 0 Å². The lowest BCUT2D eigenvalue weighted by molar-refractivity contribution is 0.101. The van der Waals surface area contributed by atoms with Crippen molar-refractivity contribution in [3.63, 3.8) is 0 Å². The van der Waals surface area contributed by atoms with Gasteiger partial charge in [-0.15, -0.1) is 0 Å². The zero-order valence-corrected chi connectivity index (χ0v) is 13.5. The summed E-state index contributed by atoms with van der Waals surface area (Å²) in [5, 5.41) is 0. The summed E-state index contributed by atoms with van der Waals surface area (Å²) in [7, 11) is 0. The topological polar surface area (TPSA) is 42.3 Å². The summed E-state index contributed by atoms with van der Waals surface area (Å²) in [5.41, 5.74) is 3.44. The van der Waals surface area contributed by atoms with Crippen LogP contribution in [0.2, 0.25) is 0 Å². The van der Waals surface area contributed by atoms with Gasteiger partial charge in [-0.3, -0.25) is 9.79 Å². The number of nitrogens with zero attached hydrogens (tertiary/aromatic N) is 2. The molecule has 111 valence electrons. The van der Waals surface area contributed by atoms with E-state index in [1.165, 1.54) is 6.92 Å². The fraction of sp³-hybridized carbons (Fsp3) is 0.333. The van der Waals surface area contributed by atoms with E-state index < -0.39 is 0 Å². The number of aromatic nitrogens is 1. The summed E-state index contributed by atoms with van der Waals surface area (Å²) in [6.45, 7) is 17.5. The second kappa shape index (κ2) is 6.61. The van der Waals surface area contributed by atoms with Gasteiger partial charge in [-0.2, -0.15) is 0 Å². The van der Waals surface area contributed by atoms with Crippen molar-refractivity contribution in [2.45, 2.75) is 34.6 Å². The smallest absolute Gasteiger partial charge is 0.178 e. The minimum absolute atomic E-state index is 0.0586. The Balaban J connectivity index is 3.17. The van der Waals surface area contributed by atoms with Gasteiger partial charge in [-0.1, -0.05) is 39.5 Å². The highest BCUT2D eigenvalue weighted by Crippen LogP contribution is 2.30. The lowest BCUT2D eigenvalue weighted by Gasteiger charge is -2.22. The van der Waals surface area contributed by atoms with Gasteiger partial charge < -0.3 is 0 Å². The minimum atomic E-state index is -0.0814. The van der Waals surface area contributed by atoms with E-state index in [-0.39, 0.29) is 11.2 Å². The minimum Gasteiger partial charge on any atom is -0.293 e. The number of allylic oxidation sites excluding steroid dienone is 2.